The van der Waals surface area contributed by atoms with Crippen molar-refractivity contribution in [2.75, 3.05) is 6.61 Å². The Morgan fingerprint density at radius 3 is 2.59 bits per heavy atom. The first-order valence-electron chi connectivity index (χ1n) is 9.13. The number of nitrogens with one attached hydrogen (secondary N) is 2. The lowest BCUT2D eigenvalue weighted by Crippen LogP contribution is -2.18. The molecule has 154 valence electrons. The fourth-order valence-electron chi connectivity index (χ4n) is 3.02. The Morgan fingerprint density at radius 1 is 1.24 bits per heavy atom. The molecule has 0 bridgehead atoms. The van der Waals surface area contributed by atoms with Crippen LogP contribution in [0.25, 0.3) is 10.2 Å². The van der Waals surface area contributed by atoms with Gasteiger partial charge in [-0.15, -0.1) is 11.3 Å². The van der Waals surface area contributed by atoms with Crippen LogP contribution in [0.2, 0.25) is 0 Å². The number of ether oxygens (including phenoxy) is 2. The van der Waals surface area contributed by atoms with Gasteiger partial charge in [0.2, 0.25) is 0 Å². The summed E-state index contributed by atoms with van der Waals surface area (Å²) in [5.74, 6) is -0.727. The molecule has 0 amide bonds. The third-order valence-corrected chi connectivity index (χ3v) is 5.74. The van der Waals surface area contributed by atoms with Crippen molar-refractivity contribution < 1.29 is 19.1 Å². The van der Waals surface area contributed by atoms with Crippen LogP contribution in [0.15, 0.2) is 4.79 Å². The average Bonchev–Trinajstić information content (AvgIpc) is 3.16. The highest BCUT2D eigenvalue weighted by Crippen LogP contribution is 2.28. The van der Waals surface area contributed by atoms with Gasteiger partial charge in [0, 0.05) is 11.3 Å². The third kappa shape index (κ3) is 4.07. The van der Waals surface area contributed by atoms with Crippen molar-refractivity contribution in [3.05, 3.63) is 43.6 Å². The number of fused-ring (bicyclic) bond motifs is 1. The standard InChI is InChI=1S/C19H22N4O5S/c1-6-27-19(26)15-8(2)14-17(25)20-16(21-18(14)29-15)11(5)28-13(24)7-12-9(3)22-23-10(12)4/h11H,6-7H2,1-5H3,(H,22,23)(H,20,21,25). The number of carbonyl (C=O) groups is 2. The summed E-state index contributed by atoms with van der Waals surface area (Å²) in [6, 6.07) is 0. The first-order chi connectivity index (χ1) is 13.7. The number of aromatic nitrogens is 4. The molecule has 0 spiro atoms. The zero-order chi connectivity index (χ0) is 21.3. The summed E-state index contributed by atoms with van der Waals surface area (Å²) in [5, 5.41) is 7.23. The van der Waals surface area contributed by atoms with Gasteiger partial charge < -0.3 is 14.5 Å². The Labute approximate surface area is 170 Å². The molecule has 0 saturated carbocycles. The maximum absolute atomic E-state index is 12.6. The lowest BCUT2D eigenvalue weighted by atomic mass is 10.1. The highest BCUT2D eigenvalue weighted by molar-refractivity contribution is 7.20. The summed E-state index contributed by atoms with van der Waals surface area (Å²) in [6.07, 6.45) is -0.698. The summed E-state index contributed by atoms with van der Waals surface area (Å²) in [5.41, 5.74) is 2.46. The van der Waals surface area contributed by atoms with Crippen LogP contribution in [0.1, 0.15) is 58.0 Å². The lowest BCUT2D eigenvalue weighted by Gasteiger charge is -2.12. The predicted molar refractivity (Wildman–Crippen MR) is 107 cm³/mol. The van der Waals surface area contributed by atoms with Gasteiger partial charge >= 0.3 is 11.9 Å². The Morgan fingerprint density at radius 2 is 1.97 bits per heavy atom. The van der Waals surface area contributed by atoms with E-state index in [2.05, 4.69) is 20.2 Å². The molecule has 3 rings (SSSR count). The van der Waals surface area contributed by atoms with E-state index in [0.29, 0.717) is 20.7 Å². The second-order valence-electron chi connectivity index (χ2n) is 6.63. The van der Waals surface area contributed by atoms with Gasteiger partial charge in [-0.1, -0.05) is 0 Å². The summed E-state index contributed by atoms with van der Waals surface area (Å²) in [4.78, 5) is 44.8. The van der Waals surface area contributed by atoms with E-state index in [0.717, 1.165) is 28.3 Å². The number of carbonyl (C=O) groups excluding carboxylic acids is 2. The van der Waals surface area contributed by atoms with Crippen LogP contribution in [0.5, 0.6) is 0 Å². The second kappa shape index (κ2) is 8.16. The molecule has 2 N–H and O–H groups in total. The first-order valence-corrected chi connectivity index (χ1v) is 9.94. The number of hydrogen-bond donors (Lipinski definition) is 2. The molecule has 0 aromatic carbocycles. The van der Waals surface area contributed by atoms with E-state index in [9.17, 15) is 14.4 Å². The number of H-pyrrole nitrogens is 2. The SMILES string of the molecule is CCOC(=O)c1sc2nc(C(C)OC(=O)Cc3c(C)n[nH]c3C)[nH]c(=O)c2c1C. The fourth-order valence-corrected chi connectivity index (χ4v) is 4.10. The van der Waals surface area contributed by atoms with E-state index < -0.39 is 23.6 Å². The summed E-state index contributed by atoms with van der Waals surface area (Å²) in [7, 11) is 0. The molecule has 0 radical (unpaired) electrons. The molecule has 0 saturated heterocycles. The Balaban J connectivity index is 1.84. The summed E-state index contributed by atoms with van der Waals surface area (Å²) in [6.45, 7) is 8.91. The predicted octanol–water partition coefficient (Wildman–Crippen LogP) is 2.66. The molecule has 9 nitrogen and oxygen atoms in total. The van der Waals surface area contributed by atoms with Crippen molar-refractivity contribution >= 4 is 33.5 Å². The van der Waals surface area contributed by atoms with Crippen molar-refractivity contribution in [2.45, 2.75) is 47.1 Å². The van der Waals surface area contributed by atoms with Crippen molar-refractivity contribution in [3.63, 3.8) is 0 Å². The fraction of sp³-hybridized carbons (Fsp3) is 0.421. The largest absolute Gasteiger partial charge is 0.462 e. The molecule has 0 fully saturated rings. The topological polar surface area (TPSA) is 127 Å². The van der Waals surface area contributed by atoms with Gasteiger partial charge in [0.15, 0.2) is 11.9 Å². The lowest BCUT2D eigenvalue weighted by molar-refractivity contribution is -0.148. The molecule has 3 aromatic heterocycles. The minimum absolute atomic E-state index is 0.0656. The van der Waals surface area contributed by atoms with Gasteiger partial charge in [0.1, 0.15) is 9.71 Å². The second-order valence-corrected chi connectivity index (χ2v) is 7.63. The van der Waals surface area contributed by atoms with Crippen LogP contribution in [0.3, 0.4) is 0 Å². The summed E-state index contributed by atoms with van der Waals surface area (Å²) < 4.78 is 10.5. The van der Waals surface area contributed by atoms with Crippen LogP contribution in [-0.4, -0.2) is 38.7 Å². The van der Waals surface area contributed by atoms with Crippen LogP contribution in [-0.2, 0) is 20.7 Å². The molecule has 1 unspecified atom stereocenters. The van der Waals surface area contributed by atoms with Gasteiger partial charge in [0.05, 0.1) is 24.1 Å². The van der Waals surface area contributed by atoms with Gasteiger partial charge in [-0.25, -0.2) is 9.78 Å². The maximum Gasteiger partial charge on any atom is 0.348 e. The maximum atomic E-state index is 12.6. The van der Waals surface area contributed by atoms with Crippen LogP contribution in [0, 0.1) is 20.8 Å². The smallest absolute Gasteiger partial charge is 0.348 e. The zero-order valence-electron chi connectivity index (χ0n) is 16.8. The molecule has 1 atom stereocenters. The normalized spacial score (nSPS) is 12.2. The van der Waals surface area contributed by atoms with Crippen molar-refractivity contribution in [1.29, 1.82) is 0 Å². The number of nitrogens with zero attached hydrogens (tertiary/aromatic N) is 2. The van der Waals surface area contributed by atoms with Crippen LogP contribution < -0.4 is 5.56 Å². The minimum Gasteiger partial charge on any atom is -0.462 e. The van der Waals surface area contributed by atoms with Gasteiger partial charge in [-0.3, -0.25) is 14.7 Å². The van der Waals surface area contributed by atoms with Crippen LogP contribution >= 0.6 is 11.3 Å². The Bertz CT molecular complexity index is 1120. The number of thiophene rings is 1. The molecular formula is C19H22N4O5S. The highest BCUT2D eigenvalue weighted by atomic mass is 32.1. The molecule has 3 aromatic rings. The van der Waals surface area contributed by atoms with E-state index in [1.165, 1.54) is 0 Å². The number of hydrogen-bond acceptors (Lipinski definition) is 8. The van der Waals surface area contributed by atoms with Gasteiger partial charge in [0.25, 0.3) is 5.56 Å². The van der Waals surface area contributed by atoms with E-state index in [4.69, 9.17) is 9.47 Å². The van der Waals surface area contributed by atoms with Crippen LogP contribution in [0.4, 0.5) is 0 Å². The first kappa shape index (κ1) is 20.7. The molecule has 0 aliphatic heterocycles. The zero-order valence-corrected chi connectivity index (χ0v) is 17.7. The summed E-state index contributed by atoms with van der Waals surface area (Å²) >= 11 is 1.09. The van der Waals surface area contributed by atoms with E-state index >= 15 is 0 Å². The Hall–Kier alpha value is -3.01. The quantitative estimate of drug-likeness (QED) is 0.589. The molecule has 10 heteroatoms. The van der Waals surface area contributed by atoms with E-state index in [1.807, 2.05) is 13.8 Å². The number of aryl methyl sites for hydroxylation is 3. The third-order valence-electron chi connectivity index (χ3n) is 4.57. The van der Waals surface area contributed by atoms with E-state index in [1.54, 1.807) is 20.8 Å². The highest BCUT2D eigenvalue weighted by Gasteiger charge is 2.23. The molecule has 29 heavy (non-hydrogen) atoms. The molecular weight excluding hydrogens is 396 g/mol. The van der Waals surface area contributed by atoms with Gasteiger partial charge in [-0.05, 0) is 40.2 Å². The molecule has 0 aliphatic carbocycles. The van der Waals surface area contributed by atoms with Gasteiger partial charge in [-0.2, -0.15) is 5.10 Å². The molecule has 0 aliphatic rings. The average molecular weight is 418 g/mol. The Kier molecular flexibility index (Phi) is 5.83. The minimum atomic E-state index is -0.763. The van der Waals surface area contributed by atoms with E-state index in [-0.39, 0.29) is 18.9 Å². The van der Waals surface area contributed by atoms with Crippen molar-refractivity contribution in [2.24, 2.45) is 0 Å². The monoisotopic (exact) mass is 418 g/mol. The number of rotatable bonds is 6. The van der Waals surface area contributed by atoms with Crippen molar-refractivity contribution in [3.8, 4) is 0 Å². The molecule has 3 heterocycles. The van der Waals surface area contributed by atoms with Crippen molar-refractivity contribution in [1.82, 2.24) is 20.2 Å². The number of esters is 2. The number of aromatic amines is 2.